The van der Waals surface area contributed by atoms with Crippen LogP contribution in [0.2, 0.25) is 4.47 Å². The number of carbonyl (C=O) groups is 1. The number of thiazole rings is 1. The van der Waals surface area contributed by atoms with Gasteiger partial charge >= 0.3 is 5.97 Å². The quantitative estimate of drug-likeness (QED) is 0.531. The molecule has 0 aliphatic rings. The first-order valence-corrected chi connectivity index (χ1v) is 10.1. The molecule has 2 aromatic rings. The second kappa shape index (κ2) is 11.3. The number of hydrogen-bond acceptors (Lipinski definition) is 8. The van der Waals surface area contributed by atoms with Crippen molar-refractivity contribution in [2.24, 2.45) is 0 Å². The fourth-order valence-corrected chi connectivity index (χ4v) is 3.56. The second-order valence-corrected chi connectivity index (χ2v) is 7.80. The monoisotopic (exact) mass is 428 g/mol. The van der Waals surface area contributed by atoms with Crippen molar-refractivity contribution in [2.45, 2.75) is 18.9 Å². The van der Waals surface area contributed by atoms with Crippen molar-refractivity contribution in [2.75, 3.05) is 40.0 Å². The summed E-state index contributed by atoms with van der Waals surface area (Å²) in [5.74, 6) is 0.314. The van der Waals surface area contributed by atoms with E-state index in [2.05, 4.69) is 16.6 Å². The highest BCUT2D eigenvalue weighted by molar-refractivity contribution is 7.13. The Kier molecular flexibility index (Phi) is 9.14. The first kappa shape index (κ1) is 22.6. The van der Waals surface area contributed by atoms with Crippen molar-refractivity contribution in [3.05, 3.63) is 45.4 Å². The van der Waals surface area contributed by atoms with Gasteiger partial charge in [-0.05, 0) is 23.6 Å². The topological polar surface area (TPSA) is 92.1 Å². The molecule has 0 radical (unpaired) electrons. The van der Waals surface area contributed by atoms with Gasteiger partial charge in [-0.3, -0.25) is 4.90 Å². The maximum Gasteiger partial charge on any atom is 0.343 e. The van der Waals surface area contributed by atoms with E-state index in [1.807, 2.05) is 17.0 Å². The summed E-state index contributed by atoms with van der Waals surface area (Å²) in [4.78, 5) is 17.2. The third kappa shape index (κ3) is 7.03. The summed E-state index contributed by atoms with van der Waals surface area (Å²) >= 11 is 7.11. The van der Waals surface area contributed by atoms with E-state index in [1.54, 1.807) is 17.5 Å². The van der Waals surface area contributed by atoms with Crippen LogP contribution >= 0.6 is 22.9 Å². The minimum Gasteiger partial charge on any atom is -0.482 e. The van der Waals surface area contributed by atoms with Gasteiger partial charge in [0.05, 0.1) is 19.4 Å². The van der Waals surface area contributed by atoms with Gasteiger partial charge in [-0.1, -0.05) is 30.7 Å². The van der Waals surface area contributed by atoms with Crippen molar-refractivity contribution < 1.29 is 24.5 Å². The number of hydrogen-bond donors (Lipinski definition) is 2. The number of esters is 1. The van der Waals surface area contributed by atoms with Gasteiger partial charge in [0.15, 0.2) is 11.1 Å². The number of benzene rings is 1. The lowest BCUT2D eigenvalue weighted by atomic mass is 10.00. The third-order valence-electron chi connectivity index (χ3n) is 4.25. The molecule has 0 saturated carbocycles. The summed E-state index contributed by atoms with van der Waals surface area (Å²) in [7, 11) is 1.31. The molecule has 0 fully saturated rings. The molecule has 2 rings (SSSR count). The van der Waals surface area contributed by atoms with Crippen LogP contribution in [-0.2, 0) is 9.53 Å². The van der Waals surface area contributed by atoms with E-state index in [0.717, 1.165) is 5.56 Å². The van der Waals surface area contributed by atoms with Crippen LogP contribution in [0.1, 0.15) is 30.2 Å². The average Bonchev–Trinajstić information content (AvgIpc) is 3.13. The molecule has 1 aromatic heterocycles. The SMILES string of the molecule is COC(=O)COc1ccc(C(C)CN(CCO)CC(O)c2csc(Cl)n2)cc1. The summed E-state index contributed by atoms with van der Waals surface area (Å²) in [6.45, 7) is 3.38. The van der Waals surface area contributed by atoms with Gasteiger partial charge in [0.1, 0.15) is 11.9 Å². The number of aromatic nitrogens is 1. The predicted molar refractivity (Wildman–Crippen MR) is 108 cm³/mol. The molecule has 2 unspecified atom stereocenters. The van der Waals surface area contributed by atoms with Crippen LogP contribution in [0.4, 0.5) is 0 Å². The van der Waals surface area contributed by atoms with Crippen LogP contribution in [0.25, 0.3) is 0 Å². The number of carbonyl (C=O) groups excluding carboxylic acids is 1. The summed E-state index contributed by atoms with van der Waals surface area (Å²) in [6, 6.07) is 7.48. The van der Waals surface area contributed by atoms with Gasteiger partial charge in [0.2, 0.25) is 0 Å². The van der Waals surface area contributed by atoms with Crippen LogP contribution in [0.15, 0.2) is 29.6 Å². The maximum absolute atomic E-state index is 11.1. The zero-order chi connectivity index (χ0) is 20.5. The number of halogens is 1. The van der Waals surface area contributed by atoms with Crippen molar-refractivity contribution >= 4 is 28.9 Å². The molecule has 1 aromatic carbocycles. The van der Waals surface area contributed by atoms with Crippen LogP contribution in [0.3, 0.4) is 0 Å². The molecular weight excluding hydrogens is 404 g/mol. The minimum absolute atomic E-state index is 0.00241. The molecule has 2 atom stereocenters. The van der Waals surface area contributed by atoms with Crippen LogP contribution in [0, 0.1) is 0 Å². The number of rotatable bonds is 11. The molecule has 2 N–H and O–H groups in total. The Balaban J connectivity index is 1.93. The van der Waals surface area contributed by atoms with Gasteiger partial charge in [0, 0.05) is 25.0 Å². The average molecular weight is 429 g/mol. The van der Waals surface area contributed by atoms with Crippen LogP contribution in [0.5, 0.6) is 5.75 Å². The predicted octanol–water partition coefficient (Wildman–Crippen LogP) is 2.48. The number of aliphatic hydroxyl groups is 2. The summed E-state index contributed by atoms with van der Waals surface area (Å²) in [5.41, 5.74) is 1.62. The zero-order valence-electron chi connectivity index (χ0n) is 15.9. The Morgan fingerprint density at radius 1 is 1.32 bits per heavy atom. The standard InChI is InChI=1S/C19H25ClN2O5S/c1-13(14-3-5-15(6-4-14)27-11-18(25)26-2)9-22(7-8-23)10-17(24)16-12-28-19(20)21-16/h3-6,12-13,17,23-24H,7-11H2,1-2H3. The van der Waals surface area contributed by atoms with E-state index in [4.69, 9.17) is 16.3 Å². The highest BCUT2D eigenvalue weighted by atomic mass is 35.5. The Morgan fingerprint density at radius 2 is 2.04 bits per heavy atom. The van der Waals surface area contributed by atoms with Gasteiger partial charge < -0.3 is 19.7 Å². The van der Waals surface area contributed by atoms with Crippen molar-refractivity contribution in [3.8, 4) is 5.75 Å². The van der Waals surface area contributed by atoms with E-state index < -0.39 is 12.1 Å². The molecule has 9 heteroatoms. The van der Waals surface area contributed by atoms with Gasteiger partial charge in [-0.2, -0.15) is 0 Å². The summed E-state index contributed by atoms with van der Waals surface area (Å²) in [5, 5.41) is 21.5. The van der Waals surface area contributed by atoms with E-state index in [-0.39, 0.29) is 19.1 Å². The molecule has 0 aliphatic heterocycles. The zero-order valence-corrected chi connectivity index (χ0v) is 17.4. The molecule has 0 amide bonds. The normalized spacial score (nSPS) is 13.4. The molecule has 7 nitrogen and oxygen atoms in total. The minimum atomic E-state index is -0.767. The van der Waals surface area contributed by atoms with E-state index in [9.17, 15) is 15.0 Å². The number of ether oxygens (including phenoxy) is 2. The molecule has 0 spiro atoms. The summed E-state index contributed by atoms with van der Waals surface area (Å²) < 4.78 is 10.3. The number of nitrogens with zero attached hydrogens (tertiary/aromatic N) is 2. The molecule has 28 heavy (non-hydrogen) atoms. The molecule has 0 saturated heterocycles. The lowest BCUT2D eigenvalue weighted by Gasteiger charge is -2.27. The van der Waals surface area contributed by atoms with Gasteiger partial charge in [0.25, 0.3) is 0 Å². The first-order valence-electron chi connectivity index (χ1n) is 8.84. The number of methoxy groups -OCH3 is 1. The largest absolute Gasteiger partial charge is 0.482 e. The van der Waals surface area contributed by atoms with Gasteiger partial charge in [-0.15, -0.1) is 11.3 Å². The molecule has 0 aliphatic carbocycles. The Morgan fingerprint density at radius 3 is 2.61 bits per heavy atom. The highest BCUT2D eigenvalue weighted by Crippen LogP contribution is 2.24. The third-order valence-corrected chi connectivity index (χ3v) is 5.25. The van der Waals surface area contributed by atoms with E-state index in [1.165, 1.54) is 18.4 Å². The van der Waals surface area contributed by atoms with Crippen LogP contribution in [-0.4, -0.2) is 66.0 Å². The highest BCUT2D eigenvalue weighted by Gasteiger charge is 2.18. The van der Waals surface area contributed by atoms with Gasteiger partial charge in [-0.25, -0.2) is 9.78 Å². The smallest absolute Gasteiger partial charge is 0.343 e. The molecule has 1 heterocycles. The Bertz CT molecular complexity index is 740. The lowest BCUT2D eigenvalue weighted by molar-refractivity contribution is -0.142. The maximum atomic E-state index is 11.1. The lowest BCUT2D eigenvalue weighted by Crippen LogP contribution is -2.34. The molecular formula is C19H25ClN2O5S. The van der Waals surface area contributed by atoms with Crippen molar-refractivity contribution in [1.29, 1.82) is 0 Å². The van der Waals surface area contributed by atoms with E-state index >= 15 is 0 Å². The first-order chi connectivity index (χ1) is 13.4. The second-order valence-electron chi connectivity index (χ2n) is 6.36. The Labute approximate surface area is 173 Å². The van der Waals surface area contributed by atoms with Crippen molar-refractivity contribution in [1.82, 2.24) is 9.88 Å². The van der Waals surface area contributed by atoms with E-state index in [0.29, 0.717) is 35.5 Å². The fraction of sp³-hybridized carbons (Fsp3) is 0.474. The summed E-state index contributed by atoms with van der Waals surface area (Å²) in [6.07, 6.45) is -0.767. The van der Waals surface area contributed by atoms with Crippen LogP contribution < -0.4 is 4.74 Å². The molecule has 0 bridgehead atoms. The Hall–Kier alpha value is -1.71. The van der Waals surface area contributed by atoms with Crippen molar-refractivity contribution in [3.63, 3.8) is 0 Å². The number of aliphatic hydroxyl groups excluding tert-OH is 2. The fourth-order valence-electron chi connectivity index (χ4n) is 2.74. The molecule has 154 valence electrons.